The minimum atomic E-state index is -0.174. The molecule has 0 saturated heterocycles. The highest BCUT2D eigenvalue weighted by molar-refractivity contribution is 7.10. The lowest BCUT2D eigenvalue weighted by Gasteiger charge is -2.13. The molecule has 5 heteroatoms. The third-order valence-corrected chi connectivity index (χ3v) is 3.34. The van der Waals surface area contributed by atoms with Gasteiger partial charge in [-0.15, -0.1) is 23.7 Å². The molecule has 3 nitrogen and oxygen atoms in total. The first-order chi connectivity index (χ1) is 6.83. The summed E-state index contributed by atoms with van der Waals surface area (Å²) in [6, 6.07) is 0. The molecule has 0 saturated carbocycles. The molecule has 15 heavy (non-hydrogen) atoms. The van der Waals surface area contributed by atoms with E-state index in [1.165, 1.54) is 10.4 Å². The SMILES string of the molecule is CCOC(=O)c1csc2c1CCNC2.Cl. The molecule has 1 N–H and O–H groups in total. The molecule has 2 rings (SSSR count). The van der Waals surface area contributed by atoms with Gasteiger partial charge in [0.2, 0.25) is 0 Å². The number of esters is 1. The second-order valence-electron chi connectivity index (χ2n) is 3.20. The van der Waals surface area contributed by atoms with E-state index in [1.54, 1.807) is 11.3 Å². The molecule has 0 atom stereocenters. The molecule has 1 aliphatic rings. The molecule has 0 aromatic carbocycles. The number of carbonyl (C=O) groups is 1. The zero-order valence-electron chi connectivity index (χ0n) is 8.54. The lowest BCUT2D eigenvalue weighted by Crippen LogP contribution is -2.23. The molecule has 0 spiro atoms. The van der Waals surface area contributed by atoms with Crippen LogP contribution in [-0.2, 0) is 17.7 Å². The van der Waals surface area contributed by atoms with E-state index in [4.69, 9.17) is 4.74 Å². The Bertz CT molecular complexity index is 351. The van der Waals surface area contributed by atoms with Crippen LogP contribution in [-0.4, -0.2) is 19.1 Å². The predicted octanol–water partition coefficient (Wildman–Crippen LogP) is 1.99. The Labute approximate surface area is 99.2 Å². The van der Waals surface area contributed by atoms with E-state index >= 15 is 0 Å². The van der Waals surface area contributed by atoms with Crippen LogP contribution in [0.5, 0.6) is 0 Å². The Balaban J connectivity index is 0.00000112. The van der Waals surface area contributed by atoms with E-state index in [1.807, 2.05) is 12.3 Å². The lowest BCUT2D eigenvalue weighted by molar-refractivity contribution is 0.0525. The average Bonchev–Trinajstić information content (AvgIpc) is 2.61. The summed E-state index contributed by atoms with van der Waals surface area (Å²) in [7, 11) is 0. The summed E-state index contributed by atoms with van der Waals surface area (Å²) in [6.45, 7) is 4.12. The van der Waals surface area contributed by atoms with Gasteiger partial charge in [-0.1, -0.05) is 0 Å². The molecule has 0 fully saturated rings. The van der Waals surface area contributed by atoms with Crippen molar-refractivity contribution in [3.63, 3.8) is 0 Å². The maximum atomic E-state index is 11.5. The Hall–Kier alpha value is -0.580. The second-order valence-corrected chi connectivity index (χ2v) is 4.16. The number of rotatable bonds is 2. The Morgan fingerprint density at radius 3 is 3.20 bits per heavy atom. The number of thiophene rings is 1. The van der Waals surface area contributed by atoms with Gasteiger partial charge in [0.1, 0.15) is 0 Å². The zero-order chi connectivity index (χ0) is 9.97. The van der Waals surface area contributed by atoms with Crippen molar-refractivity contribution in [2.75, 3.05) is 13.2 Å². The Morgan fingerprint density at radius 1 is 1.67 bits per heavy atom. The van der Waals surface area contributed by atoms with E-state index < -0.39 is 0 Å². The highest BCUT2D eigenvalue weighted by atomic mass is 35.5. The first kappa shape index (κ1) is 12.5. The van der Waals surface area contributed by atoms with Gasteiger partial charge in [0.05, 0.1) is 12.2 Å². The standard InChI is InChI=1S/C10H13NO2S.ClH/c1-2-13-10(12)8-6-14-9-5-11-4-3-7(8)9;/h6,11H,2-5H2,1H3;1H. The monoisotopic (exact) mass is 247 g/mol. The number of hydrogen-bond donors (Lipinski definition) is 1. The summed E-state index contributed by atoms with van der Waals surface area (Å²) in [5, 5.41) is 5.20. The summed E-state index contributed by atoms with van der Waals surface area (Å²) in [6.07, 6.45) is 0.937. The molecule has 2 heterocycles. The van der Waals surface area contributed by atoms with Gasteiger partial charge in [-0.2, -0.15) is 0 Å². The largest absolute Gasteiger partial charge is 0.462 e. The molecular weight excluding hydrogens is 234 g/mol. The van der Waals surface area contributed by atoms with E-state index in [-0.39, 0.29) is 18.4 Å². The third-order valence-electron chi connectivity index (χ3n) is 2.31. The normalized spacial score (nSPS) is 13.9. The summed E-state index contributed by atoms with van der Waals surface area (Å²) >= 11 is 1.64. The van der Waals surface area contributed by atoms with Gasteiger partial charge in [0, 0.05) is 16.8 Å². The summed E-state index contributed by atoms with van der Waals surface area (Å²) in [4.78, 5) is 12.8. The Morgan fingerprint density at radius 2 is 2.47 bits per heavy atom. The van der Waals surface area contributed by atoms with E-state index in [9.17, 15) is 4.79 Å². The molecule has 84 valence electrons. The van der Waals surface area contributed by atoms with Gasteiger partial charge in [0.25, 0.3) is 0 Å². The van der Waals surface area contributed by atoms with Crippen LogP contribution in [0.25, 0.3) is 0 Å². The molecule has 0 radical (unpaired) electrons. The zero-order valence-corrected chi connectivity index (χ0v) is 10.2. The number of hydrogen-bond acceptors (Lipinski definition) is 4. The summed E-state index contributed by atoms with van der Waals surface area (Å²) in [5.41, 5.74) is 1.96. The van der Waals surface area contributed by atoms with Crippen LogP contribution in [0, 0.1) is 0 Å². The van der Waals surface area contributed by atoms with Gasteiger partial charge in [-0.25, -0.2) is 4.79 Å². The fraction of sp³-hybridized carbons (Fsp3) is 0.500. The molecule has 1 aliphatic heterocycles. The number of fused-ring (bicyclic) bond motifs is 1. The first-order valence-corrected chi connectivity index (χ1v) is 5.68. The number of nitrogens with one attached hydrogen (secondary N) is 1. The van der Waals surface area contributed by atoms with Gasteiger partial charge in [-0.05, 0) is 25.5 Å². The van der Waals surface area contributed by atoms with Crippen LogP contribution >= 0.6 is 23.7 Å². The van der Waals surface area contributed by atoms with E-state index in [0.717, 1.165) is 25.1 Å². The van der Waals surface area contributed by atoms with Crippen LogP contribution in [0.15, 0.2) is 5.38 Å². The molecule has 0 unspecified atom stereocenters. The minimum Gasteiger partial charge on any atom is -0.462 e. The molecule has 0 amide bonds. The summed E-state index contributed by atoms with van der Waals surface area (Å²) in [5.74, 6) is -0.174. The van der Waals surface area contributed by atoms with Gasteiger partial charge < -0.3 is 10.1 Å². The van der Waals surface area contributed by atoms with Gasteiger partial charge in [-0.3, -0.25) is 0 Å². The number of halogens is 1. The van der Waals surface area contributed by atoms with Crippen molar-refractivity contribution >= 4 is 29.7 Å². The van der Waals surface area contributed by atoms with Crippen LogP contribution in [0.2, 0.25) is 0 Å². The van der Waals surface area contributed by atoms with Crippen molar-refractivity contribution < 1.29 is 9.53 Å². The second kappa shape index (κ2) is 5.49. The third kappa shape index (κ3) is 2.51. The fourth-order valence-corrected chi connectivity index (χ4v) is 2.68. The van der Waals surface area contributed by atoms with Crippen molar-refractivity contribution in [3.05, 3.63) is 21.4 Å². The number of ether oxygens (including phenoxy) is 1. The van der Waals surface area contributed by atoms with Crippen molar-refractivity contribution in [2.45, 2.75) is 19.9 Å². The lowest BCUT2D eigenvalue weighted by atomic mass is 10.1. The Kier molecular flexibility index (Phi) is 4.57. The first-order valence-electron chi connectivity index (χ1n) is 4.80. The fourth-order valence-electron chi connectivity index (χ4n) is 1.64. The maximum absolute atomic E-state index is 11.5. The molecule has 0 bridgehead atoms. The van der Waals surface area contributed by atoms with Gasteiger partial charge >= 0.3 is 5.97 Å². The van der Waals surface area contributed by atoms with Crippen LogP contribution < -0.4 is 5.32 Å². The highest BCUT2D eigenvalue weighted by Crippen LogP contribution is 2.25. The van der Waals surface area contributed by atoms with Crippen molar-refractivity contribution in [3.8, 4) is 0 Å². The minimum absolute atomic E-state index is 0. The summed E-state index contributed by atoms with van der Waals surface area (Å²) < 4.78 is 5.00. The molecule has 1 aromatic heterocycles. The van der Waals surface area contributed by atoms with Crippen LogP contribution in [0.3, 0.4) is 0 Å². The van der Waals surface area contributed by atoms with E-state index in [2.05, 4.69) is 5.32 Å². The van der Waals surface area contributed by atoms with E-state index in [0.29, 0.717) is 6.61 Å². The van der Waals surface area contributed by atoms with Crippen molar-refractivity contribution in [1.82, 2.24) is 5.32 Å². The molecular formula is C10H14ClNO2S. The molecule has 1 aromatic rings. The average molecular weight is 248 g/mol. The smallest absolute Gasteiger partial charge is 0.339 e. The highest BCUT2D eigenvalue weighted by Gasteiger charge is 2.20. The quantitative estimate of drug-likeness (QED) is 0.813. The van der Waals surface area contributed by atoms with Crippen LogP contribution in [0.4, 0.5) is 0 Å². The van der Waals surface area contributed by atoms with Crippen molar-refractivity contribution in [1.29, 1.82) is 0 Å². The topological polar surface area (TPSA) is 38.3 Å². The number of carbonyl (C=O) groups excluding carboxylic acids is 1. The van der Waals surface area contributed by atoms with Crippen molar-refractivity contribution in [2.24, 2.45) is 0 Å². The van der Waals surface area contributed by atoms with Crippen LogP contribution in [0.1, 0.15) is 27.7 Å². The molecule has 0 aliphatic carbocycles. The predicted molar refractivity (Wildman–Crippen MR) is 62.9 cm³/mol. The van der Waals surface area contributed by atoms with Gasteiger partial charge in [0.15, 0.2) is 0 Å². The maximum Gasteiger partial charge on any atom is 0.339 e.